The first-order valence-corrected chi connectivity index (χ1v) is 11.2. The van der Waals surface area contributed by atoms with Crippen LogP contribution in [-0.4, -0.2) is 50.8 Å². The molecular formula is C21H21N5O2S. The fraction of sp³-hybridized carbons (Fsp3) is 0.238. The zero-order valence-electron chi connectivity index (χ0n) is 16.0. The SMILES string of the molecule is CS(=O)(=O)c1ccc(-c2cc(-c3cc(C#N)c(N4CCNCC4)[nH]3)ccn2)cc1. The topological polar surface area (TPSA) is 102 Å². The lowest BCUT2D eigenvalue weighted by atomic mass is 10.1. The molecule has 1 saturated heterocycles. The van der Waals surface area contributed by atoms with Gasteiger partial charge in [0.05, 0.1) is 16.2 Å². The summed E-state index contributed by atoms with van der Waals surface area (Å²) in [6.45, 7) is 3.48. The number of nitrogens with one attached hydrogen (secondary N) is 2. The van der Waals surface area contributed by atoms with E-state index in [0.29, 0.717) is 5.56 Å². The second-order valence-electron chi connectivity index (χ2n) is 7.02. The fourth-order valence-corrected chi connectivity index (χ4v) is 4.08. The summed E-state index contributed by atoms with van der Waals surface area (Å²) >= 11 is 0. The van der Waals surface area contributed by atoms with Crippen LogP contribution in [0.5, 0.6) is 0 Å². The summed E-state index contributed by atoms with van der Waals surface area (Å²) in [4.78, 5) is 10.3. The van der Waals surface area contributed by atoms with E-state index in [1.807, 2.05) is 18.2 Å². The first kappa shape index (κ1) is 19.2. The largest absolute Gasteiger partial charge is 0.355 e. The van der Waals surface area contributed by atoms with Crippen molar-refractivity contribution in [1.82, 2.24) is 15.3 Å². The molecule has 3 aromatic rings. The molecule has 7 nitrogen and oxygen atoms in total. The third kappa shape index (κ3) is 4.01. The first-order valence-electron chi connectivity index (χ1n) is 9.31. The molecule has 1 aliphatic rings. The Kier molecular flexibility index (Phi) is 5.09. The number of hydrogen-bond donors (Lipinski definition) is 2. The summed E-state index contributed by atoms with van der Waals surface area (Å²) in [5.41, 5.74) is 3.96. The van der Waals surface area contributed by atoms with Crippen molar-refractivity contribution in [3.05, 3.63) is 54.2 Å². The van der Waals surface area contributed by atoms with Crippen LogP contribution in [0.2, 0.25) is 0 Å². The van der Waals surface area contributed by atoms with Gasteiger partial charge >= 0.3 is 0 Å². The number of benzene rings is 1. The molecule has 0 atom stereocenters. The van der Waals surface area contributed by atoms with Crippen molar-refractivity contribution >= 4 is 15.7 Å². The van der Waals surface area contributed by atoms with Gasteiger partial charge in [0.1, 0.15) is 11.9 Å². The molecule has 0 aliphatic carbocycles. The Morgan fingerprint density at radius 2 is 1.79 bits per heavy atom. The van der Waals surface area contributed by atoms with Gasteiger partial charge < -0.3 is 15.2 Å². The van der Waals surface area contributed by atoms with Gasteiger partial charge in [-0.2, -0.15) is 5.26 Å². The Morgan fingerprint density at radius 1 is 1.07 bits per heavy atom. The summed E-state index contributed by atoms with van der Waals surface area (Å²) in [6.07, 6.45) is 2.90. The Balaban J connectivity index is 1.67. The summed E-state index contributed by atoms with van der Waals surface area (Å²) < 4.78 is 23.3. The van der Waals surface area contributed by atoms with Crippen LogP contribution in [0.3, 0.4) is 0 Å². The maximum Gasteiger partial charge on any atom is 0.175 e. The standard InChI is InChI=1S/C21H21N5O2S/c1-29(27,28)18-4-2-15(3-5-18)19-12-16(6-7-24-19)20-13-17(14-22)21(25-20)26-10-8-23-9-11-26/h2-7,12-13,23,25H,8-11H2,1H3. The van der Waals surface area contributed by atoms with Crippen LogP contribution in [0, 0.1) is 11.3 Å². The zero-order valence-corrected chi connectivity index (χ0v) is 16.8. The predicted molar refractivity (Wildman–Crippen MR) is 112 cm³/mol. The molecule has 29 heavy (non-hydrogen) atoms. The third-order valence-electron chi connectivity index (χ3n) is 5.00. The molecule has 1 aromatic carbocycles. The van der Waals surface area contributed by atoms with Crippen LogP contribution in [0.15, 0.2) is 53.6 Å². The van der Waals surface area contributed by atoms with Crippen LogP contribution >= 0.6 is 0 Å². The molecule has 0 saturated carbocycles. The highest BCUT2D eigenvalue weighted by molar-refractivity contribution is 7.90. The highest BCUT2D eigenvalue weighted by Crippen LogP contribution is 2.29. The van der Waals surface area contributed by atoms with E-state index >= 15 is 0 Å². The van der Waals surface area contributed by atoms with E-state index in [-0.39, 0.29) is 4.90 Å². The third-order valence-corrected chi connectivity index (χ3v) is 6.13. The van der Waals surface area contributed by atoms with Crippen LogP contribution in [0.1, 0.15) is 5.56 Å². The number of sulfone groups is 1. The van der Waals surface area contributed by atoms with Gasteiger partial charge in [-0.05, 0) is 30.3 Å². The van der Waals surface area contributed by atoms with Crippen molar-refractivity contribution in [3.63, 3.8) is 0 Å². The van der Waals surface area contributed by atoms with Crippen molar-refractivity contribution in [2.24, 2.45) is 0 Å². The minimum Gasteiger partial charge on any atom is -0.355 e. The van der Waals surface area contributed by atoms with Gasteiger partial charge in [-0.15, -0.1) is 0 Å². The number of nitrogens with zero attached hydrogens (tertiary/aromatic N) is 3. The van der Waals surface area contributed by atoms with Crippen LogP contribution in [0.25, 0.3) is 22.5 Å². The Hall–Kier alpha value is -3.15. The predicted octanol–water partition coefficient (Wildman–Crippen LogP) is 2.43. The van der Waals surface area contributed by atoms with Crippen LogP contribution in [-0.2, 0) is 9.84 Å². The van der Waals surface area contributed by atoms with Gasteiger partial charge in [0.15, 0.2) is 9.84 Å². The first-order chi connectivity index (χ1) is 14.0. The maximum absolute atomic E-state index is 11.7. The lowest BCUT2D eigenvalue weighted by molar-refractivity contribution is 0.585. The van der Waals surface area contributed by atoms with E-state index in [9.17, 15) is 13.7 Å². The lowest BCUT2D eigenvalue weighted by Gasteiger charge is -2.28. The quantitative estimate of drug-likeness (QED) is 0.689. The van der Waals surface area contributed by atoms with Crippen molar-refractivity contribution in [2.45, 2.75) is 4.90 Å². The molecule has 2 N–H and O–H groups in total. The van der Waals surface area contributed by atoms with Crippen molar-refractivity contribution in [2.75, 3.05) is 37.3 Å². The number of rotatable bonds is 4. The highest BCUT2D eigenvalue weighted by Gasteiger charge is 2.18. The average Bonchev–Trinajstić information content (AvgIpc) is 3.19. The molecule has 0 bridgehead atoms. The number of anilines is 1. The van der Waals surface area contributed by atoms with Crippen LogP contribution in [0.4, 0.5) is 5.82 Å². The van der Waals surface area contributed by atoms with Crippen molar-refractivity contribution in [3.8, 4) is 28.6 Å². The summed E-state index contributed by atoms with van der Waals surface area (Å²) in [5.74, 6) is 0.847. The molecule has 1 fully saturated rings. The molecule has 1 aliphatic heterocycles. The summed E-state index contributed by atoms with van der Waals surface area (Å²) in [7, 11) is -3.23. The molecule has 3 heterocycles. The van der Waals surface area contributed by atoms with Crippen molar-refractivity contribution < 1.29 is 8.42 Å². The van der Waals surface area contributed by atoms with E-state index in [1.165, 1.54) is 6.26 Å². The fourth-order valence-electron chi connectivity index (χ4n) is 3.45. The maximum atomic E-state index is 11.7. The van der Waals surface area contributed by atoms with Crippen LogP contribution < -0.4 is 10.2 Å². The number of H-pyrrole nitrogens is 1. The molecule has 8 heteroatoms. The minimum atomic E-state index is -3.23. The number of aromatic amines is 1. The summed E-state index contributed by atoms with van der Waals surface area (Å²) in [6, 6.07) is 14.7. The Morgan fingerprint density at radius 3 is 2.45 bits per heavy atom. The summed E-state index contributed by atoms with van der Waals surface area (Å²) in [5, 5.41) is 12.9. The molecular weight excluding hydrogens is 386 g/mol. The number of piperazine rings is 1. The average molecular weight is 407 g/mol. The van der Waals surface area contributed by atoms with E-state index in [4.69, 9.17) is 0 Å². The Bertz CT molecular complexity index is 1170. The highest BCUT2D eigenvalue weighted by atomic mass is 32.2. The van der Waals surface area contributed by atoms with E-state index in [2.05, 4.69) is 26.3 Å². The number of aromatic nitrogens is 2. The van der Waals surface area contributed by atoms with Gasteiger partial charge in [-0.3, -0.25) is 4.98 Å². The second kappa shape index (κ2) is 7.70. The molecule has 4 rings (SSSR count). The number of nitriles is 1. The van der Waals surface area contributed by atoms with E-state index in [1.54, 1.807) is 30.5 Å². The van der Waals surface area contributed by atoms with Gasteiger partial charge in [0, 0.05) is 55.5 Å². The van der Waals surface area contributed by atoms with E-state index in [0.717, 1.165) is 54.5 Å². The number of hydrogen-bond acceptors (Lipinski definition) is 6. The minimum absolute atomic E-state index is 0.279. The van der Waals surface area contributed by atoms with Gasteiger partial charge in [0.2, 0.25) is 0 Å². The molecule has 148 valence electrons. The van der Waals surface area contributed by atoms with E-state index < -0.39 is 9.84 Å². The zero-order chi connectivity index (χ0) is 20.4. The normalized spacial score (nSPS) is 14.6. The molecule has 0 amide bonds. The van der Waals surface area contributed by atoms with Gasteiger partial charge in [0.25, 0.3) is 0 Å². The smallest absolute Gasteiger partial charge is 0.175 e. The Labute approximate surface area is 169 Å². The monoisotopic (exact) mass is 407 g/mol. The molecule has 0 radical (unpaired) electrons. The number of pyridine rings is 1. The second-order valence-corrected chi connectivity index (χ2v) is 9.04. The van der Waals surface area contributed by atoms with Gasteiger partial charge in [-0.25, -0.2) is 8.42 Å². The van der Waals surface area contributed by atoms with Gasteiger partial charge in [-0.1, -0.05) is 12.1 Å². The lowest BCUT2D eigenvalue weighted by Crippen LogP contribution is -2.44. The molecule has 0 spiro atoms. The molecule has 2 aromatic heterocycles. The van der Waals surface area contributed by atoms with Crippen molar-refractivity contribution in [1.29, 1.82) is 5.26 Å². The molecule has 0 unspecified atom stereocenters.